The van der Waals surface area contributed by atoms with Gasteiger partial charge in [-0.05, 0) is 43.9 Å². The van der Waals surface area contributed by atoms with Gasteiger partial charge in [-0.3, -0.25) is 0 Å². The Hall–Kier alpha value is -0.530. The average molecular weight is 169 g/mol. The fourth-order valence-corrected chi connectivity index (χ4v) is 1.97. The summed E-state index contributed by atoms with van der Waals surface area (Å²) in [6.07, 6.45) is 5.68. The Bertz CT molecular complexity index is 151. The van der Waals surface area contributed by atoms with Crippen molar-refractivity contribution >= 4 is 5.71 Å². The third-order valence-corrected chi connectivity index (χ3v) is 2.80. The second-order valence-electron chi connectivity index (χ2n) is 4.19. The zero-order valence-electron chi connectivity index (χ0n) is 8.08. The summed E-state index contributed by atoms with van der Waals surface area (Å²) < 4.78 is 0. The Kier molecular flexibility index (Phi) is 3.57. The summed E-state index contributed by atoms with van der Waals surface area (Å²) in [5, 5.41) is 12.0. The molecule has 0 spiro atoms. The summed E-state index contributed by atoms with van der Waals surface area (Å²) in [6.45, 7) is 4.58. The van der Waals surface area contributed by atoms with Crippen molar-refractivity contribution in [2.24, 2.45) is 17.0 Å². The summed E-state index contributed by atoms with van der Waals surface area (Å²) in [7, 11) is 0. The van der Waals surface area contributed by atoms with Gasteiger partial charge in [0.15, 0.2) is 0 Å². The van der Waals surface area contributed by atoms with E-state index in [0.717, 1.165) is 30.4 Å². The second-order valence-corrected chi connectivity index (χ2v) is 4.19. The van der Waals surface area contributed by atoms with E-state index in [-0.39, 0.29) is 0 Å². The minimum Gasteiger partial charge on any atom is -0.411 e. The standard InChI is InChI=1S/C10H19NO/c1-8-3-5-10(11-12)6-4-9(2)7-8/h8-9,12H,3-7H2,1-2H3. The van der Waals surface area contributed by atoms with Crippen LogP contribution in [0.2, 0.25) is 0 Å². The molecular formula is C10H19NO. The summed E-state index contributed by atoms with van der Waals surface area (Å²) in [6, 6.07) is 0. The predicted molar refractivity (Wildman–Crippen MR) is 50.6 cm³/mol. The molecule has 0 aliphatic heterocycles. The number of hydrogen-bond donors (Lipinski definition) is 1. The molecular weight excluding hydrogens is 150 g/mol. The monoisotopic (exact) mass is 169 g/mol. The molecule has 0 aromatic heterocycles. The Balaban J connectivity index is 2.47. The van der Waals surface area contributed by atoms with Crippen LogP contribution < -0.4 is 0 Å². The van der Waals surface area contributed by atoms with Crippen molar-refractivity contribution < 1.29 is 5.21 Å². The molecule has 12 heavy (non-hydrogen) atoms. The van der Waals surface area contributed by atoms with Crippen LogP contribution in [0.5, 0.6) is 0 Å². The van der Waals surface area contributed by atoms with E-state index in [2.05, 4.69) is 19.0 Å². The Morgan fingerprint density at radius 2 is 1.67 bits per heavy atom. The first-order valence-electron chi connectivity index (χ1n) is 4.92. The van der Waals surface area contributed by atoms with E-state index in [1.807, 2.05) is 0 Å². The highest BCUT2D eigenvalue weighted by Gasteiger charge is 2.15. The molecule has 2 nitrogen and oxygen atoms in total. The lowest BCUT2D eigenvalue weighted by Crippen LogP contribution is -2.12. The highest BCUT2D eigenvalue weighted by atomic mass is 16.4. The topological polar surface area (TPSA) is 32.6 Å². The van der Waals surface area contributed by atoms with E-state index in [0.29, 0.717) is 0 Å². The molecule has 1 aliphatic rings. The van der Waals surface area contributed by atoms with Gasteiger partial charge in [-0.2, -0.15) is 0 Å². The maximum absolute atomic E-state index is 8.67. The Labute approximate surface area is 74.7 Å². The first-order chi connectivity index (χ1) is 5.72. The van der Waals surface area contributed by atoms with Gasteiger partial charge in [0.25, 0.3) is 0 Å². The summed E-state index contributed by atoms with van der Waals surface area (Å²) in [4.78, 5) is 0. The van der Waals surface area contributed by atoms with Crippen molar-refractivity contribution in [3.05, 3.63) is 0 Å². The smallest absolute Gasteiger partial charge is 0.0571 e. The first-order valence-corrected chi connectivity index (χ1v) is 4.92. The summed E-state index contributed by atoms with van der Waals surface area (Å²) in [5.74, 6) is 1.58. The fourth-order valence-electron chi connectivity index (χ4n) is 1.97. The van der Waals surface area contributed by atoms with Crippen molar-refractivity contribution in [1.29, 1.82) is 0 Å². The third-order valence-electron chi connectivity index (χ3n) is 2.80. The van der Waals surface area contributed by atoms with E-state index < -0.39 is 0 Å². The molecule has 1 saturated carbocycles. The molecule has 70 valence electrons. The van der Waals surface area contributed by atoms with Gasteiger partial charge in [0.2, 0.25) is 0 Å². The molecule has 0 radical (unpaired) electrons. The van der Waals surface area contributed by atoms with Gasteiger partial charge >= 0.3 is 0 Å². The van der Waals surface area contributed by atoms with Gasteiger partial charge in [0, 0.05) is 0 Å². The molecule has 1 aliphatic carbocycles. The van der Waals surface area contributed by atoms with Gasteiger partial charge in [-0.1, -0.05) is 19.0 Å². The largest absolute Gasteiger partial charge is 0.411 e. The molecule has 1 N–H and O–H groups in total. The minimum atomic E-state index is 0.789. The van der Waals surface area contributed by atoms with Crippen LogP contribution in [-0.2, 0) is 0 Å². The quantitative estimate of drug-likeness (QED) is 0.438. The molecule has 0 heterocycles. The van der Waals surface area contributed by atoms with Gasteiger partial charge in [0.1, 0.15) is 0 Å². The van der Waals surface area contributed by atoms with Crippen molar-refractivity contribution in [2.75, 3.05) is 0 Å². The summed E-state index contributed by atoms with van der Waals surface area (Å²) in [5.41, 5.74) is 0.994. The highest BCUT2D eigenvalue weighted by Crippen LogP contribution is 2.24. The van der Waals surface area contributed by atoms with E-state index in [4.69, 9.17) is 5.21 Å². The average Bonchev–Trinajstić information content (AvgIpc) is 2.02. The lowest BCUT2D eigenvalue weighted by molar-refractivity contribution is 0.309. The fraction of sp³-hybridized carbons (Fsp3) is 0.900. The van der Waals surface area contributed by atoms with Crippen LogP contribution in [-0.4, -0.2) is 10.9 Å². The molecule has 0 aromatic carbocycles. The Morgan fingerprint density at radius 1 is 1.17 bits per heavy atom. The highest BCUT2D eigenvalue weighted by molar-refractivity contribution is 5.83. The third kappa shape index (κ3) is 2.84. The zero-order valence-corrected chi connectivity index (χ0v) is 8.08. The van der Waals surface area contributed by atoms with Crippen molar-refractivity contribution in [3.63, 3.8) is 0 Å². The maximum atomic E-state index is 8.67. The van der Waals surface area contributed by atoms with Crippen molar-refractivity contribution in [2.45, 2.75) is 46.0 Å². The van der Waals surface area contributed by atoms with Gasteiger partial charge in [-0.25, -0.2) is 0 Å². The van der Waals surface area contributed by atoms with E-state index >= 15 is 0 Å². The number of oxime groups is 1. The maximum Gasteiger partial charge on any atom is 0.0571 e. The van der Waals surface area contributed by atoms with E-state index in [1.54, 1.807) is 0 Å². The second kappa shape index (κ2) is 4.48. The van der Waals surface area contributed by atoms with Crippen LogP contribution in [0.1, 0.15) is 46.0 Å². The molecule has 2 heteroatoms. The minimum absolute atomic E-state index is 0.789. The molecule has 2 unspecified atom stereocenters. The van der Waals surface area contributed by atoms with Gasteiger partial charge < -0.3 is 5.21 Å². The first kappa shape index (κ1) is 9.56. The van der Waals surface area contributed by atoms with Crippen molar-refractivity contribution in [3.8, 4) is 0 Å². The van der Waals surface area contributed by atoms with Crippen LogP contribution in [0.15, 0.2) is 5.16 Å². The molecule has 2 atom stereocenters. The van der Waals surface area contributed by atoms with Crippen LogP contribution in [0, 0.1) is 11.8 Å². The molecule has 0 bridgehead atoms. The Morgan fingerprint density at radius 3 is 2.08 bits per heavy atom. The van der Waals surface area contributed by atoms with Crippen LogP contribution >= 0.6 is 0 Å². The summed E-state index contributed by atoms with van der Waals surface area (Å²) >= 11 is 0. The van der Waals surface area contributed by atoms with E-state index in [9.17, 15) is 0 Å². The molecule has 1 fully saturated rings. The molecule has 0 saturated heterocycles. The number of rotatable bonds is 0. The number of hydrogen-bond acceptors (Lipinski definition) is 2. The lowest BCUT2D eigenvalue weighted by atomic mass is 9.86. The SMILES string of the molecule is CC1CCC(=NO)CCC(C)C1. The predicted octanol–water partition coefficient (Wildman–Crippen LogP) is 3.05. The molecule has 1 rings (SSSR count). The normalized spacial score (nSPS) is 32.3. The number of nitrogens with zero attached hydrogens (tertiary/aromatic N) is 1. The molecule has 0 amide bonds. The van der Waals surface area contributed by atoms with Crippen molar-refractivity contribution in [1.82, 2.24) is 0 Å². The van der Waals surface area contributed by atoms with E-state index in [1.165, 1.54) is 19.3 Å². The van der Waals surface area contributed by atoms with Crippen LogP contribution in [0.3, 0.4) is 0 Å². The van der Waals surface area contributed by atoms with Crippen LogP contribution in [0.4, 0.5) is 0 Å². The lowest BCUT2D eigenvalue weighted by Gasteiger charge is -2.20. The van der Waals surface area contributed by atoms with Crippen LogP contribution in [0.25, 0.3) is 0 Å². The zero-order chi connectivity index (χ0) is 8.97. The van der Waals surface area contributed by atoms with Gasteiger partial charge in [0.05, 0.1) is 5.71 Å². The van der Waals surface area contributed by atoms with Gasteiger partial charge in [-0.15, -0.1) is 0 Å². The molecule has 0 aromatic rings.